The number of thiophene rings is 1. The predicted molar refractivity (Wildman–Crippen MR) is 80.5 cm³/mol. The molecule has 1 aliphatic rings. The van der Waals surface area contributed by atoms with E-state index in [4.69, 9.17) is 0 Å². The Hall–Kier alpha value is -1.03. The van der Waals surface area contributed by atoms with Crippen LogP contribution in [0.5, 0.6) is 0 Å². The average molecular weight is 280 g/mol. The van der Waals surface area contributed by atoms with E-state index in [-0.39, 0.29) is 12.1 Å². The van der Waals surface area contributed by atoms with Crippen LogP contribution < -0.4 is 5.32 Å². The van der Waals surface area contributed by atoms with Gasteiger partial charge in [0.25, 0.3) is 0 Å². The molecule has 1 aromatic heterocycles. The highest BCUT2D eigenvalue weighted by molar-refractivity contribution is 7.10. The van der Waals surface area contributed by atoms with Crippen molar-refractivity contribution in [1.29, 1.82) is 0 Å². The molecule has 2 rings (SSSR count). The highest BCUT2D eigenvalue weighted by Crippen LogP contribution is 2.26. The van der Waals surface area contributed by atoms with Crippen molar-refractivity contribution in [3.05, 3.63) is 22.4 Å². The first-order chi connectivity index (χ1) is 9.18. The fourth-order valence-corrected chi connectivity index (χ4v) is 3.48. The van der Waals surface area contributed by atoms with E-state index in [1.807, 2.05) is 11.0 Å². The molecule has 1 saturated heterocycles. The van der Waals surface area contributed by atoms with E-state index < -0.39 is 0 Å². The molecule has 19 heavy (non-hydrogen) atoms. The van der Waals surface area contributed by atoms with Crippen molar-refractivity contribution in [1.82, 2.24) is 10.2 Å². The van der Waals surface area contributed by atoms with Gasteiger partial charge in [-0.25, -0.2) is 4.79 Å². The second kappa shape index (κ2) is 6.94. The monoisotopic (exact) mass is 280 g/mol. The van der Waals surface area contributed by atoms with Crippen molar-refractivity contribution in [2.75, 3.05) is 13.1 Å². The van der Waals surface area contributed by atoms with Crippen LogP contribution in [0.25, 0.3) is 0 Å². The summed E-state index contributed by atoms with van der Waals surface area (Å²) in [7, 11) is 0. The van der Waals surface area contributed by atoms with Crippen LogP contribution in [0.4, 0.5) is 4.79 Å². The Bertz CT molecular complexity index is 381. The van der Waals surface area contributed by atoms with Crippen LogP contribution in [0.1, 0.15) is 50.4 Å². The molecule has 0 saturated carbocycles. The van der Waals surface area contributed by atoms with Gasteiger partial charge in [0, 0.05) is 18.0 Å². The van der Waals surface area contributed by atoms with Gasteiger partial charge in [0.15, 0.2) is 0 Å². The van der Waals surface area contributed by atoms with Crippen LogP contribution in [0.2, 0.25) is 0 Å². The van der Waals surface area contributed by atoms with Gasteiger partial charge in [-0.1, -0.05) is 32.8 Å². The largest absolute Gasteiger partial charge is 0.330 e. The van der Waals surface area contributed by atoms with Crippen molar-refractivity contribution in [3.63, 3.8) is 0 Å². The number of likely N-dealkylation sites (tertiary alicyclic amines) is 1. The van der Waals surface area contributed by atoms with Gasteiger partial charge in [-0.05, 0) is 30.2 Å². The molecule has 0 bridgehead atoms. The Morgan fingerprint density at radius 3 is 2.47 bits per heavy atom. The van der Waals surface area contributed by atoms with E-state index >= 15 is 0 Å². The molecular formula is C15H24N2OS. The van der Waals surface area contributed by atoms with E-state index in [2.05, 4.69) is 30.6 Å². The fraction of sp³-hybridized carbons (Fsp3) is 0.667. The van der Waals surface area contributed by atoms with Crippen molar-refractivity contribution in [2.45, 2.75) is 45.6 Å². The highest BCUT2D eigenvalue weighted by Gasteiger charge is 2.22. The molecule has 1 unspecified atom stereocenters. The lowest BCUT2D eigenvalue weighted by molar-refractivity contribution is 0.192. The zero-order valence-corrected chi connectivity index (χ0v) is 12.7. The van der Waals surface area contributed by atoms with Gasteiger partial charge in [0.05, 0.1) is 6.04 Å². The van der Waals surface area contributed by atoms with Crippen molar-refractivity contribution < 1.29 is 4.79 Å². The molecule has 1 N–H and O–H groups in total. The number of rotatable bonds is 3. The maximum atomic E-state index is 12.4. The molecule has 1 aromatic rings. The summed E-state index contributed by atoms with van der Waals surface area (Å²) in [6, 6.07) is 4.40. The Morgan fingerprint density at radius 2 is 1.95 bits per heavy atom. The summed E-state index contributed by atoms with van der Waals surface area (Å²) >= 11 is 1.72. The van der Waals surface area contributed by atoms with Crippen LogP contribution in [0, 0.1) is 5.92 Å². The zero-order chi connectivity index (χ0) is 13.7. The quantitative estimate of drug-likeness (QED) is 0.890. The Kier molecular flexibility index (Phi) is 5.25. The third-order valence-corrected chi connectivity index (χ3v) is 4.64. The van der Waals surface area contributed by atoms with Crippen molar-refractivity contribution >= 4 is 17.4 Å². The Labute approximate surface area is 120 Å². The van der Waals surface area contributed by atoms with Crippen LogP contribution in [-0.2, 0) is 0 Å². The Morgan fingerprint density at radius 1 is 1.26 bits per heavy atom. The third-order valence-electron chi connectivity index (χ3n) is 3.69. The molecule has 2 heterocycles. The van der Waals surface area contributed by atoms with E-state index in [0.29, 0.717) is 5.92 Å². The van der Waals surface area contributed by atoms with Gasteiger partial charge in [-0.15, -0.1) is 11.3 Å². The number of amides is 2. The number of nitrogens with zero attached hydrogens (tertiary/aromatic N) is 1. The number of nitrogens with one attached hydrogen (secondary N) is 1. The van der Waals surface area contributed by atoms with Crippen LogP contribution in [0.3, 0.4) is 0 Å². The van der Waals surface area contributed by atoms with Gasteiger partial charge >= 0.3 is 6.03 Å². The van der Waals surface area contributed by atoms with E-state index in [1.165, 1.54) is 17.7 Å². The summed E-state index contributed by atoms with van der Waals surface area (Å²) in [5, 5.41) is 5.29. The maximum Gasteiger partial charge on any atom is 0.317 e. The summed E-state index contributed by atoms with van der Waals surface area (Å²) in [6.07, 6.45) is 4.78. The van der Waals surface area contributed by atoms with Gasteiger partial charge in [0.1, 0.15) is 0 Å². The number of carbonyl (C=O) groups excluding carboxylic acids is 1. The van der Waals surface area contributed by atoms with Crippen LogP contribution in [-0.4, -0.2) is 24.0 Å². The minimum atomic E-state index is 0.106. The first-order valence-corrected chi connectivity index (χ1v) is 8.15. The molecule has 106 valence electrons. The second-order valence-electron chi connectivity index (χ2n) is 5.59. The fourth-order valence-electron chi connectivity index (χ4n) is 2.53. The van der Waals surface area contributed by atoms with Crippen molar-refractivity contribution in [3.8, 4) is 0 Å². The number of hydrogen-bond acceptors (Lipinski definition) is 2. The molecule has 1 atom stereocenters. The second-order valence-corrected chi connectivity index (χ2v) is 6.57. The summed E-state index contributed by atoms with van der Waals surface area (Å²) < 4.78 is 0. The lowest BCUT2D eigenvalue weighted by Crippen LogP contribution is -2.43. The zero-order valence-electron chi connectivity index (χ0n) is 11.9. The normalized spacial score (nSPS) is 18.2. The summed E-state index contributed by atoms with van der Waals surface area (Å²) in [6.45, 7) is 6.13. The number of hydrogen-bond donors (Lipinski definition) is 1. The number of urea groups is 1. The Balaban J connectivity index is 1.98. The topological polar surface area (TPSA) is 32.3 Å². The lowest BCUT2D eigenvalue weighted by Gasteiger charge is -2.27. The smallest absolute Gasteiger partial charge is 0.317 e. The van der Waals surface area contributed by atoms with E-state index in [9.17, 15) is 4.79 Å². The van der Waals surface area contributed by atoms with E-state index in [1.54, 1.807) is 11.3 Å². The molecule has 0 radical (unpaired) electrons. The molecule has 1 fully saturated rings. The van der Waals surface area contributed by atoms with Gasteiger partial charge < -0.3 is 10.2 Å². The van der Waals surface area contributed by atoms with Gasteiger partial charge in [-0.2, -0.15) is 0 Å². The van der Waals surface area contributed by atoms with Crippen LogP contribution >= 0.6 is 11.3 Å². The minimum Gasteiger partial charge on any atom is -0.330 e. The molecule has 0 aliphatic carbocycles. The van der Waals surface area contributed by atoms with Crippen LogP contribution in [0.15, 0.2) is 17.5 Å². The standard InChI is InChI=1S/C15H24N2OS/c1-12(2)14(13-8-7-11-19-13)16-15(18)17-9-5-3-4-6-10-17/h7-8,11-12,14H,3-6,9-10H2,1-2H3,(H,16,18). The summed E-state index contributed by atoms with van der Waals surface area (Å²) in [5.41, 5.74) is 0. The first kappa shape index (κ1) is 14.4. The maximum absolute atomic E-state index is 12.4. The molecule has 4 heteroatoms. The lowest BCUT2D eigenvalue weighted by atomic mass is 10.0. The molecular weight excluding hydrogens is 256 g/mol. The van der Waals surface area contributed by atoms with Crippen molar-refractivity contribution in [2.24, 2.45) is 5.92 Å². The van der Waals surface area contributed by atoms with Gasteiger partial charge in [-0.3, -0.25) is 0 Å². The summed E-state index contributed by atoms with van der Waals surface area (Å²) in [4.78, 5) is 15.6. The first-order valence-electron chi connectivity index (χ1n) is 7.27. The molecule has 1 aliphatic heterocycles. The van der Waals surface area contributed by atoms with E-state index in [0.717, 1.165) is 25.9 Å². The molecule has 0 spiro atoms. The SMILES string of the molecule is CC(C)C(NC(=O)N1CCCCCC1)c1cccs1. The average Bonchev–Trinajstić information content (AvgIpc) is 2.76. The molecule has 2 amide bonds. The number of carbonyl (C=O) groups is 1. The summed E-state index contributed by atoms with van der Waals surface area (Å²) in [5.74, 6) is 0.412. The molecule has 3 nitrogen and oxygen atoms in total. The minimum absolute atomic E-state index is 0.106. The molecule has 0 aromatic carbocycles. The van der Waals surface area contributed by atoms with Gasteiger partial charge in [0.2, 0.25) is 0 Å². The highest BCUT2D eigenvalue weighted by atomic mass is 32.1. The third kappa shape index (κ3) is 3.96. The predicted octanol–water partition coefficient (Wildman–Crippen LogP) is 4.03.